The monoisotopic (exact) mass is 263 g/mol. The van der Waals surface area contributed by atoms with E-state index in [0.717, 1.165) is 25.2 Å². The van der Waals surface area contributed by atoms with Crippen LogP contribution in [-0.4, -0.2) is 32.4 Å². The standard InChI is InChI=1S/C16H25NO2/c1-3-4-5-13-6-8-14(9-7-13)19-16-12-18-11-10-15(16)17-2/h6-9,15-17H,3-5,10-12H2,1-2H3. The smallest absolute Gasteiger partial charge is 0.137 e. The van der Waals surface area contributed by atoms with Gasteiger partial charge in [-0.2, -0.15) is 0 Å². The summed E-state index contributed by atoms with van der Waals surface area (Å²) in [7, 11) is 1.99. The Hall–Kier alpha value is -1.06. The average Bonchev–Trinajstić information content (AvgIpc) is 2.47. The van der Waals surface area contributed by atoms with Crippen molar-refractivity contribution in [2.45, 2.75) is 44.8 Å². The molecule has 1 heterocycles. The van der Waals surface area contributed by atoms with Crippen LogP contribution in [0.1, 0.15) is 31.7 Å². The maximum Gasteiger partial charge on any atom is 0.137 e. The number of ether oxygens (including phenoxy) is 2. The van der Waals surface area contributed by atoms with Gasteiger partial charge in [0, 0.05) is 12.6 Å². The van der Waals surface area contributed by atoms with E-state index in [0.29, 0.717) is 12.6 Å². The number of hydrogen-bond acceptors (Lipinski definition) is 3. The Morgan fingerprint density at radius 2 is 2.11 bits per heavy atom. The Balaban J connectivity index is 1.90. The molecular formula is C16H25NO2. The van der Waals surface area contributed by atoms with Gasteiger partial charge in [-0.15, -0.1) is 0 Å². The molecule has 0 saturated carbocycles. The van der Waals surface area contributed by atoms with Gasteiger partial charge in [0.1, 0.15) is 11.9 Å². The first-order valence-corrected chi connectivity index (χ1v) is 7.34. The molecule has 0 aromatic heterocycles. The molecule has 1 aliphatic heterocycles. The Kier molecular flexibility index (Phi) is 5.67. The normalized spacial score (nSPS) is 23.3. The fraction of sp³-hybridized carbons (Fsp3) is 0.625. The number of aryl methyl sites for hydroxylation is 1. The highest BCUT2D eigenvalue weighted by molar-refractivity contribution is 5.27. The van der Waals surface area contributed by atoms with Crippen LogP contribution in [0.15, 0.2) is 24.3 Å². The first-order valence-electron chi connectivity index (χ1n) is 7.34. The SMILES string of the molecule is CCCCc1ccc(OC2COCCC2NC)cc1. The molecule has 106 valence electrons. The molecule has 19 heavy (non-hydrogen) atoms. The lowest BCUT2D eigenvalue weighted by molar-refractivity contribution is -0.0129. The summed E-state index contributed by atoms with van der Waals surface area (Å²) in [6, 6.07) is 8.87. The lowest BCUT2D eigenvalue weighted by atomic mass is 10.1. The van der Waals surface area contributed by atoms with Gasteiger partial charge in [-0.05, 0) is 44.0 Å². The summed E-state index contributed by atoms with van der Waals surface area (Å²) in [5.41, 5.74) is 1.39. The number of rotatable bonds is 6. The molecule has 3 heteroatoms. The second-order valence-electron chi connectivity index (χ2n) is 5.16. The Bertz CT molecular complexity index is 364. The molecule has 2 rings (SSSR count). The van der Waals surface area contributed by atoms with Crippen molar-refractivity contribution in [1.82, 2.24) is 5.32 Å². The first-order chi connectivity index (χ1) is 9.33. The summed E-state index contributed by atoms with van der Waals surface area (Å²) in [4.78, 5) is 0. The molecule has 0 aliphatic carbocycles. The molecule has 2 atom stereocenters. The predicted octanol–water partition coefficient (Wildman–Crippen LogP) is 2.78. The van der Waals surface area contributed by atoms with E-state index >= 15 is 0 Å². The Labute approximate surface area is 116 Å². The van der Waals surface area contributed by atoms with Crippen LogP contribution in [0.2, 0.25) is 0 Å². The number of nitrogens with one attached hydrogen (secondary N) is 1. The van der Waals surface area contributed by atoms with Crippen LogP contribution in [0.4, 0.5) is 0 Å². The molecule has 2 unspecified atom stereocenters. The van der Waals surface area contributed by atoms with E-state index in [9.17, 15) is 0 Å². The van der Waals surface area contributed by atoms with Gasteiger partial charge in [-0.25, -0.2) is 0 Å². The number of unbranched alkanes of at least 4 members (excludes halogenated alkanes) is 1. The molecule has 0 bridgehead atoms. The van der Waals surface area contributed by atoms with Crippen molar-refractivity contribution >= 4 is 0 Å². The van der Waals surface area contributed by atoms with Gasteiger partial charge >= 0.3 is 0 Å². The molecule has 0 spiro atoms. The number of likely N-dealkylation sites (N-methyl/N-ethyl adjacent to an activating group) is 1. The summed E-state index contributed by atoms with van der Waals surface area (Å²) in [6.07, 6.45) is 4.76. The third-order valence-corrected chi connectivity index (χ3v) is 3.70. The van der Waals surface area contributed by atoms with Gasteiger partial charge in [0.05, 0.1) is 6.61 Å². The number of benzene rings is 1. The fourth-order valence-electron chi connectivity index (χ4n) is 2.45. The average molecular weight is 263 g/mol. The second-order valence-corrected chi connectivity index (χ2v) is 5.16. The van der Waals surface area contributed by atoms with E-state index in [1.54, 1.807) is 0 Å². The molecule has 0 amide bonds. The van der Waals surface area contributed by atoms with Gasteiger partial charge in [-0.1, -0.05) is 25.5 Å². The summed E-state index contributed by atoms with van der Waals surface area (Å²) in [6.45, 7) is 3.71. The largest absolute Gasteiger partial charge is 0.486 e. The topological polar surface area (TPSA) is 30.5 Å². The minimum atomic E-state index is 0.111. The van der Waals surface area contributed by atoms with Gasteiger partial charge in [0.25, 0.3) is 0 Å². The van der Waals surface area contributed by atoms with Gasteiger partial charge in [0.15, 0.2) is 0 Å². The minimum Gasteiger partial charge on any atom is -0.486 e. The maximum atomic E-state index is 6.03. The highest BCUT2D eigenvalue weighted by atomic mass is 16.5. The van der Waals surface area contributed by atoms with E-state index in [1.807, 2.05) is 7.05 Å². The highest BCUT2D eigenvalue weighted by Gasteiger charge is 2.25. The number of hydrogen-bond donors (Lipinski definition) is 1. The van der Waals surface area contributed by atoms with Crippen LogP contribution in [0, 0.1) is 0 Å². The van der Waals surface area contributed by atoms with E-state index in [-0.39, 0.29) is 6.10 Å². The predicted molar refractivity (Wildman–Crippen MR) is 77.8 cm³/mol. The van der Waals surface area contributed by atoms with Crippen molar-refractivity contribution in [2.75, 3.05) is 20.3 Å². The second kappa shape index (κ2) is 7.51. The molecule has 1 aromatic rings. The van der Waals surface area contributed by atoms with Crippen molar-refractivity contribution in [3.8, 4) is 5.75 Å². The summed E-state index contributed by atoms with van der Waals surface area (Å²) < 4.78 is 11.5. The van der Waals surface area contributed by atoms with Crippen molar-refractivity contribution in [2.24, 2.45) is 0 Å². The lowest BCUT2D eigenvalue weighted by Gasteiger charge is -2.31. The van der Waals surface area contributed by atoms with Crippen LogP contribution in [0.25, 0.3) is 0 Å². The van der Waals surface area contributed by atoms with Crippen LogP contribution in [0.5, 0.6) is 5.75 Å². The zero-order valence-electron chi connectivity index (χ0n) is 12.0. The van der Waals surface area contributed by atoms with Gasteiger partial charge < -0.3 is 14.8 Å². The fourth-order valence-corrected chi connectivity index (χ4v) is 2.45. The third kappa shape index (κ3) is 4.22. The highest BCUT2D eigenvalue weighted by Crippen LogP contribution is 2.19. The summed E-state index contributed by atoms with van der Waals surface area (Å²) in [5.74, 6) is 0.941. The molecule has 1 fully saturated rings. The lowest BCUT2D eigenvalue weighted by Crippen LogP contribution is -2.48. The zero-order chi connectivity index (χ0) is 13.5. The van der Waals surface area contributed by atoms with Crippen LogP contribution < -0.4 is 10.1 Å². The van der Waals surface area contributed by atoms with Crippen molar-refractivity contribution in [3.05, 3.63) is 29.8 Å². The molecule has 1 aliphatic rings. The van der Waals surface area contributed by atoms with Crippen LogP contribution in [-0.2, 0) is 11.2 Å². The first kappa shape index (κ1) is 14.4. The van der Waals surface area contributed by atoms with Crippen LogP contribution >= 0.6 is 0 Å². The van der Waals surface area contributed by atoms with E-state index in [1.165, 1.54) is 18.4 Å². The van der Waals surface area contributed by atoms with E-state index < -0.39 is 0 Å². The quantitative estimate of drug-likeness (QED) is 0.856. The molecule has 1 aromatic carbocycles. The molecule has 1 N–H and O–H groups in total. The molecule has 1 saturated heterocycles. The molecule has 0 radical (unpaired) electrons. The van der Waals surface area contributed by atoms with Crippen LogP contribution in [0.3, 0.4) is 0 Å². The molecule has 3 nitrogen and oxygen atoms in total. The Morgan fingerprint density at radius 1 is 1.32 bits per heavy atom. The van der Waals surface area contributed by atoms with Crippen molar-refractivity contribution < 1.29 is 9.47 Å². The van der Waals surface area contributed by atoms with E-state index in [4.69, 9.17) is 9.47 Å². The zero-order valence-corrected chi connectivity index (χ0v) is 12.0. The molecular weight excluding hydrogens is 238 g/mol. The summed E-state index contributed by atoms with van der Waals surface area (Å²) in [5, 5.41) is 3.31. The van der Waals surface area contributed by atoms with Gasteiger partial charge in [0.2, 0.25) is 0 Å². The third-order valence-electron chi connectivity index (χ3n) is 3.70. The maximum absolute atomic E-state index is 6.03. The summed E-state index contributed by atoms with van der Waals surface area (Å²) >= 11 is 0. The van der Waals surface area contributed by atoms with E-state index in [2.05, 4.69) is 36.5 Å². The minimum absolute atomic E-state index is 0.111. The van der Waals surface area contributed by atoms with Gasteiger partial charge in [-0.3, -0.25) is 0 Å². The Morgan fingerprint density at radius 3 is 2.79 bits per heavy atom. The van der Waals surface area contributed by atoms with Crippen molar-refractivity contribution in [1.29, 1.82) is 0 Å². The van der Waals surface area contributed by atoms with Crippen molar-refractivity contribution in [3.63, 3.8) is 0 Å².